The van der Waals surface area contributed by atoms with Crippen molar-refractivity contribution in [2.75, 3.05) is 0 Å². The first-order chi connectivity index (χ1) is 13.8. The molecule has 0 fully saturated rings. The minimum Gasteiger partial charge on any atom is -0.289 e. The summed E-state index contributed by atoms with van der Waals surface area (Å²) < 4.78 is 28.3. The Kier molecular flexibility index (Phi) is 6.26. The average Bonchev–Trinajstić information content (AvgIpc) is 2.73. The second kappa shape index (κ2) is 8.69. The zero-order valence-corrected chi connectivity index (χ0v) is 17.0. The standard InChI is InChI=1S/C21H23N3O4S/c1-15(2)20(21(25)23-26)24(14-16-9-11-22-12-10-16)29(27,28)19-8-7-17-5-3-4-6-18(17)13-19/h3-13,15,20,26H,14H2,1-2H3,(H,23,25). The third-order valence-corrected chi connectivity index (χ3v) is 6.56. The van der Waals surface area contributed by atoms with Gasteiger partial charge in [-0.15, -0.1) is 0 Å². The summed E-state index contributed by atoms with van der Waals surface area (Å²) in [7, 11) is -4.05. The second-order valence-corrected chi connectivity index (χ2v) is 8.97. The highest BCUT2D eigenvalue weighted by Gasteiger charge is 2.38. The van der Waals surface area contributed by atoms with Crippen LogP contribution in [0.1, 0.15) is 19.4 Å². The number of amides is 1. The van der Waals surface area contributed by atoms with Gasteiger partial charge >= 0.3 is 0 Å². The maximum absolute atomic E-state index is 13.6. The van der Waals surface area contributed by atoms with Crippen molar-refractivity contribution in [3.63, 3.8) is 0 Å². The lowest BCUT2D eigenvalue weighted by Gasteiger charge is -2.32. The molecular formula is C21H23N3O4S. The molecule has 0 spiro atoms. The molecule has 2 N–H and O–H groups in total. The molecule has 1 aromatic heterocycles. The monoisotopic (exact) mass is 413 g/mol. The van der Waals surface area contributed by atoms with E-state index >= 15 is 0 Å². The first kappa shape index (κ1) is 20.9. The van der Waals surface area contributed by atoms with E-state index < -0.39 is 22.0 Å². The maximum Gasteiger partial charge on any atom is 0.262 e. The van der Waals surface area contributed by atoms with Crippen LogP contribution < -0.4 is 5.48 Å². The molecule has 0 aliphatic rings. The maximum atomic E-state index is 13.6. The van der Waals surface area contributed by atoms with E-state index in [1.165, 1.54) is 6.07 Å². The molecule has 0 aliphatic heterocycles. The summed E-state index contributed by atoms with van der Waals surface area (Å²) >= 11 is 0. The Morgan fingerprint density at radius 2 is 1.72 bits per heavy atom. The molecular weight excluding hydrogens is 390 g/mol. The van der Waals surface area contributed by atoms with Gasteiger partial charge in [0, 0.05) is 18.9 Å². The van der Waals surface area contributed by atoms with Gasteiger partial charge < -0.3 is 0 Å². The summed E-state index contributed by atoms with van der Waals surface area (Å²) in [6.45, 7) is 3.43. The van der Waals surface area contributed by atoms with Gasteiger partial charge in [0.15, 0.2) is 0 Å². The highest BCUT2D eigenvalue weighted by atomic mass is 32.2. The van der Waals surface area contributed by atoms with Crippen LogP contribution in [0.3, 0.4) is 0 Å². The van der Waals surface area contributed by atoms with Gasteiger partial charge in [-0.25, -0.2) is 13.9 Å². The molecule has 152 valence electrons. The van der Waals surface area contributed by atoms with Crippen LogP contribution in [-0.4, -0.2) is 34.9 Å². The molecule has 0 saturated carbocycles. The molecule has 1 heterocycles. The van der Waals surface area contributed by atoms with Gasteiger partial charge in [0.25, 0.3) is 5.91 Å². The first-order valence-corrected chi connectivity index (χ1v) is 10.6. The summed E-state index contributed by atoms with van der Waals surface area (Å²) in [4.78, 5) is 16.4. The Balaban J connectivity index is 2.12. The van der Waals surface area contributed by atoms with Gasteiger partial charge in [-0.1, -0.05) is 44.2 Å². The average molecular weight is 413 g/mol. The number of hydrogen-bond acceptors (Lipinski definition) is 5. The van der Waals surface area contributed by atoms with E-state index in [9.17, 15) is 18.4 Å². The molecule has 0 radical (unpaired) electrons. The zero-order chi connectivity index (χ0) is 21.0. The molecule has 2 aromatic carbocycles. The predicted octanol–water partition coefficient (Wildman–Crippen LogP) is 2.96. The Labute approximate surface area is 170 Å². The number of sulfonamides is 1. The summed E-state index contributed by atoms with van der Waals surface area (Å²) in [5.41, 5.74) is 2.29. The largest absolute Gasteiger partial charge is 0.289 e. The van der Waals surface area contributed by atoms with Crippen molar-refractivity contribution < 1.29 is 18.4 Å². The summed E-state index contributed by atoms with van der Waals surface area (Å²) in [5.74, 6) is -1.15. The molecule has 29 heavy (non-hydrogen) atoms. The number of fused-ring (bicyclic) bond motifs is 1. The minimum absolute atomic E-state index is 0.0338. The Morgan fingerprint density at radius 3 is 2.34 bits per heavy atom. The zero-order valence-electron chi connectivity index (χ0n) is 16.2. The number of hydroxylamine groups is 1. The number of hydrogen-bond donors (Lipinski definition) is 2. The van der Waals surface area contributed by atoms with E-state index in [2.05, 4.69) is 4.98 Å². The number of nitrogens with zero attached hydrogens (tertiary/aromatic N) is 2. The molecule has 3 aromatic rings. The van der Waals surface area contributed by atoms with Crippen molar-refractivity contribution in [2.24, 2.45) is 5.92 Å². The van der Waals surface area contributed by atoms with E-state index in [0.717, 1.165) is 15.1 Å². The molecule has 0 aliphatic carbocycles. The van der Waals surface area contributed by atoms with Crippen molar-refractivity contribution in [3.8, 4) is 0 Å². The third kappa shape index (κ3) is 4.45. The molecule has 3 rings (SSSR count). The van der Waals surface area contributed by atoms with Gasteiger partial charge in [-0.2, -0.15) is 4.31 Å². The van der Waals surface area contributed by atoms with E-state index in [1.54, 1.807) is 56.0 Å². The lowest BCUT2D eigenvalue weighted by atomic mass is 10.0. The topological polar surface area (TPSA) is 99.6 Å². The molecule has 1 amide bonds. The summed E-state index contributed by atoms with van der Waals surface area (Å²) in [6, 6.07) is 14.6. The lowest BCUT2D eigenvalue weighted by Crippen LogP contribution is -2.51. The van der Waals surface area contributed by atoms with Crippen molar-refractivity contribution in [1.29, 1.82) is 0 Å². The first-order valence-electron chi connectivity index (χ1n) is 9.18. The van der Waals surface area contributed by atoms with Crippen LogP contribution in [0, 0.1) is 5.92 Å². The molecule has 8 heteroatoms. The van der Waals surface area contributed by atoms with Gasteiger partial charge in [0.2, 0.25) is 10.0 Å². The van der Waals surface area contributed by atoms with Crippen LogP contribution in [0.5, 0.6) is 0 Å². The van der Waals surface area contributed by atoms with Crippen LogP contribution in [0.25, 0.3) is 10.8 Å². The number of aromatic nitrogens is 1. The van der Waals surface area contributed by atoms with Crippen molar-refractivity contribution >= 4 is 26.7 Å². The van der Waals surface area contributed by atoms with E-state index in [1.807, 2.05) is 24.3 Å². The fraction of sp³-hybridized carbons (Fsp3) is 0.238. The van der Waals surface area contributed by atoms with Gasteiger partial charge in [-0.05, 0) is 46.5 Å². The van der Waals surface area contributed by atoms with Crippen LogP contribution in [-0.2, 0) is 21.4 Å². The smallest absolute Gasteiger partial charge is 0.262 e. The Morgan fingerprint density at radius 1 is 1.07 bits per heavy atom. The minimum atomic E-state index is -4.05. The SMILES string of the molecule is CC(C)C(C(=O)NO)N(Cc1ccncc1)S(=O)(=O)c1ccc2ccccc2c1. The van der Waals surface area contributed by atoms with Crippen LogP contribution in [0.15, 0.2) is 71.9 Å². The van der Waals surface area contributed by atoms with Crippen molar-refractivity contribution in [3.05, 3.63) is 72.6 Å². The van der Waals surface area contributed by atoms with Gasteiger partial charge in [0.05, 0.1) is 4.90 Å². The van der Waals surface area contributed by atoms with E-state index in [4.69, 9.17) is 0 Å². The van der Waals surface area contributed by atoms with E-state index in [0.29, 0.717) is 5.56 Å². The summed E-state index contributed by atoms with van der Waals surface area (Å²) in [5, 5.41) is 10.9. The molecule has 0 saturated heterocycles. The second-order valence-electron chi connectivity index (χ2n) is 7.08. The number of rotatable bonds is 7. The predicted molar refractivity (Wildman–Crippen MR) is 109 cm³/mol. The quantitative estimate of drug-likeness (QED) is 0.458. The number of benzene rings is 2. The van der Waals surface area contributed by atoms with Crippen molar-refractivity contribution in [2.45, 2.75) is 31.3 Å². The van der Waals surface area contributed by atoms with Crippen LogP contribution in [0.4, 0.5) is 0 Å². The van der Waals surface area contributed by atoms with Gasteiger partial charge in [-0.3, -0.25) is 15.0 Å². The normalized spacial score (nSPS) is 13.0. The fourth-order valence-electron chi connectivity index (χ4n) is 3.30. The molecule has 7 nitrogen and oxygen atoms in total. The van der Waals surface area contributed by atoms with Crippen LogP contribution in [0.2, 0.25) is 0 Å². The third-order valence-electron chi connectivity index (χ3n) is 4.74. The van der Waals surface area contributed by atoms with Gasteiger partial charge in [0.1, 0.15) is 6.04 Å². The number of carbonyl (C=O) groups excluding carboxylic acids is 1. The van der Waals surface area contributed by atoms with E-state index in [-0.39, 0.29) is 17.4 Å². The molecule has 1 unspecified atom stereocenters. The highest BCUT2D eigenvalue weighted by Crippen LogP contribution is 2.27. The number of pyridine rings is 1. The number of nitrogens with one attached hydrogen (secondary N) is 1. The van der Waals surface area contributed by atoms with Crippen molar-refractivity contribution in [1.82, 2.24) is 14.8 Å². The fourth-order valence-corrected chi connectivity index (χ4v) is 5.04. The number of carbonyl (C=O) groups is 1. The summed E-state index contributed by atoms with van der Waals surface area (Å²) in [6.07, 6.45) is 3.12. The van der Waals surface area contributed by atoms with Crippen LogP contribution >= 0.6 is 0 Å². The Bertz CT molecular complexity index is 1100. The Hall–Kier alpha value is -2.81. The highest BCUT2D eigenvalue weighted by molar-refractivity contribution is 7.89. The lowest BCUT2D eigenvalue weighted by molar-refractivity contribution is -0.134. The molecule has 1 atom stereocenters. The molecule has 0 bridgehead atoms.